The Morgan fingerprint density at radius 1 is 1.04 bits per heavy atom. The quantitative estimate of drug-likeness (QED) is 0.236. The average molecular weight is 649 g/mol. The molecule has 11 nitrogen and oxygen atoms in total. The smallest absolute Gasteiger partial charge is 0.326 e. The molecule has 6 rings (SSSR count). The van der Waals surface area contributed by atoms with Crippen molar-refractivity contribution >= 4 is 40.3 Å². The van der Waals surface area contributed by atoms with Crippen molar-refractivity contribution in [2.45, 2.75) is 96.1 Å². The van der Waals surface area contributed by atoms with E-state index >= 15 is 0 Å². The Hall–Kier alpha value is -3.99. The lowest BCUT2D eigenvalue weighted by atomic mass is 9.46. The van der Waals surface area contributed by atoms with Gasteiger partial charge in [0.05, 0.1) is 6.42 Å². The van der Waals surface area contributed by atoms with Crippen LogP contribution < -0.4 is 5.32 Å². The monoisotopic (exact) mass is 648 g/mol. The van der Waals surface area contributed by atoms with Crippen LogP contribution in [0.3, 0.4) is 0 Å². The van der Waals surface area contributed by atoms with E-state index in [4.69, 9.17) is 4.74 Å². The van der Waals surface area contributed by atoms with E-state index in [0.29, 0.717) is 54.0 Å². The number of phenolic OH excluding ortho intramolecular Hbond substituents is 1. The third-order valence-corrected chi connectivity index (χ3v) is 12.3. The van der Waals surface area contributed by atoms with E-state index in [0.717, 1.165) is 25.7 Å². The van der Waals surface area contributed by atoms with E-state index in [2.05, 4.69) is 17.2 Å². The molecule has 4 aliphatic rings. The highest BCUT2D eigenvalue weighted by Crippen LogP contribution is 2.67. The number of nitrogens with one attached hydrogen (secondary N) is 2. The van der Waals surface area contributed by atoms with Crippen LogP contribution in [-0.2, 0) is 35.1 Å². The van der Waals surface area contributed by atoms with Gasteiger partial charge in [-0.3, -0.25) is 19.2 Å². The highest BCUT2D eigenvalue weighted by atomic mass is 16.5. The molecule has 2 aromatic rings. The number of ketones is 2. The lowest BCUT2D eigenvalue weighted by Crippen LogP contribution is -2.58. The lowest BCUT2D eigenvalue weighted by molar-refractivity contribution is -0.170. The summed E-state index contributed by atoms with van der Waals surface area (Å²) in [5.41, 5.74) is 0.290. The second-order valence-corrected chi connectivity index (χ2v) is 14.6. The number of Topliss-reactive ketones (excluding diaryl/α,β-unsaturated/α-hetero) is 1. The molecule has 0 unspecified atom stereocenters. The molecular formula is C36H44N2O9. The molecule has 0 spiro atoms. The third kappa shape index (κ3) is 5.76. The number of H-pyrrole nitrogens is 1. The number of carbonyl (C=O) groups excluding carboxylic acids is 4. The number of hydrogen-bond acceptors (Lipinski definition) is 8. The number of carbonyl (C=O) groups is 5. The Morgan fingerprint density at radius 3 is 2.57 bits per heavy atom. The number of fused-ring (bicyclic) bond motifs is 6. The van der Waals surface area contributed by atoms with Gasteiger partial charge in [-0.05, 0) is 98.0 Å². The van der Waals surface area contributed by atoms with Crippen molar-refractivity contribution in [2.75, 3.05) is 6.61 Å². The number of aliphatic carboxylic acids is 1. The van der Waals surface area contributed by atoms with Crippen LogP contribution in [0.2, 0.25) is 0 Å². The van der Waals surface area contributed by atoms with E-state index in [-0.39, 0.29) is 42.1 Å². The fourth-order valence-electron chi connectivity index (χ4n) is 9.61. The summed E-state index contributed by atoms with van der Waals surface area (Å²) in [5, 5.41) is 34.4. The average Bonchev–Trinajstić information content (AvgIpc) is 3.56. The molecule has 5 N–H and O–H groups in total. The standard InChI is InChI=1S/C36H44N2O9/c1-34-12-9-23(40)16-21(34)3-5-24-26(34)10-13-35(2)27(24)11-14-36(35,46)30(41)19-47-32(43)8-7-31(42)38-29(33(44)45)15-20-18-37-28-6-4-22(39)17-25(20)28/h4,6,16-18,24,26-27,29,37,39,46H,3,5,7-15,19H2,1-2H3,(H,38,42)(H,44,45)/t24-,26+,27+,29-,34+,35+,36+/m1/s1. The van der Waals surface area contributed by atoms with Crippen LogP contribution in [-0.4, -0.2) is 68.0 Å². The molecule has 47 heavy (non-hydrogen) atoms. The van der Waals surface area contributed by atoms with Crippen molar-refractivity contribution in [1.82, 2.24) is 10.3 Å². The van der Waals surface area contributed by atoms with Crippen LogP contribution in [0.4, 0.5) is 0 Å². The molecule has 1 aromatic carbocycles. The summed E-state index contributed by atoms with van der Waals surface area (Å²) in [6.45, 7) is 3.70. The van der Waals surface area contributed by atoms with Crippen molar-refractivity contribution in [3.05, 3.63) is 41.6 Å². The second-order valence-electron chi connectivity index (χ2n) is 14.6. The Labute approximate surface area is 273 Å². The number of carboxylic acid groups (broad SMARTS) is 1. The molecule has 3 fully saturated rings. The normalized spacial score (nSPS) is 32.0. The first kappa shape index (κ1) is 32.9. The number of aliphatic hydroxyl groups is 1. The van der Waals surface area contributed by atoms with Crippen molar-refractivity contribution in [3.8, 4) is 5.75 Å². The SMILES string of the molecule is C[C@]12CCC(=O)C=C1CC[C@@H]1[C@@H]2CC[C@@]2(C)[C@H]1CC[C@]2(O)C(=O)COC(=O)CCC(=O)N[C@H](Cc1c[nH]c2ccc(O)cc12)C(=O)O. The van der Waals surface area contributed by atoms with Crippen molar-refractivity contribution in [1.29, 1.82) is 0 Å². The maximum absolute atomic E-state index is 13.5. The van der Waals surface area contributed by atoms with Crippen molar-refractivity contribution < 1.29 is 44.0 Å². The number of hydrogen-bond donors (Lipinski definition) is 5. The number of amides is 1. The van der Waals surface area contributed by atoms with Gasteiger partial charge < -0.3 is 30.4 Å². The molecule has 11 heteroatoms. The fraction of sp³-hybridized carbons (Fsp3) is 0.583. The number of allylic oxidation sites excluding steroid dienone is 1. The van der Waals surface area contributed by atoms with Crippen LogP contribution >= 0.6 is 0 Å². The zero-order valence-corrected chi connectivity index (χ0v) is 27.0. The van der Waals surface area contributed by atoms with Crippen molar-refractivity contribution in [2.24, 2.45) is 28.6 Å². The predicted octanol–water partition coefficient (Wildman–Crippen LogP) is 4.14. The van der Waals surface area contributed by atoms with Gasteiger partial charge >= 0.3 is 11.9 Å². The zero-order chi connectivity index (χ0) is 33.7. The predicted molar refractivity (Wildman–Crippen MR) is 170 cm³/mol. The van der Waals surface area contributed by atoms with E-state index < -0.39 is 47.3 Å². The number of rotatable bonds is 10. The summed E-state index contributed by atoms with van der Waals surface area (Å²) in [6, 6.07) is 3.42. The molecule has 252 valence electrons. The first-order valence-corrected chi connectivity index (χ1v) is 16.7. The minimum atomic E-state index is -1.62. The van der Waals surface area contributed by atoms with Gasteiger partial charge in [-0.15, -0.1) is 0 Å². The largest absolute Gasteiger partial charge is 0.508 e. The maximum atomic E-state index is 13.5. The molecule has 0 saturated heterocycles. The Bertz CT molecular complexity index is 1660. The number of carboxylic acids is 1. The number of esters is 1. The van der Waals surface area contributed by atoms with Gasteiger partial charge in [-0.25, -0.2) is 4.79 Å². The van der Waals surface area contributed by atoms with Crippen LogP contribution in [0.25, 0.3) is 10.9 Å². The number of benzene rings is 1. The summed E-state index contributed by atoms with van der Waals surface area (Å²) in [6.07, 6.45) is 8.55. The first-order chi connectivity index (χ1) is 22.2. The van der Waals surface area contributed by atoms with E-state index in [1.807, 2.05) is 13.0 Å². The van der Waals surface area contributed by atoms with Gasteiger partial charge in [0.25, 0.3) is 0 Å². The zero-order valence-electron chi connectivity index (χ0n) is 27.0. The molecule has 3 saturated carbocycles. The molecule has 0 radical (unpaired) electrons. The summed E-state index contributed by atoms with van der Waals surface area (Å²) in [4.78, 5) is 65.7. The third-order valence-electron chi connectivity index (χ3n) is 12.3. The van der Waals surface area contributed by atoms with Gasteiger partial charge in [0.15, 0.2) is 12.4 Å². The molecule has 1 heterocycles. The molecule has 4 aliphatic carbocycles. The minimum absolute atomic E-state index is 0.0183. The molecular weight excluding hydrogens is 604 g/mol. The molecule has 0 bridgehead atoms. The number of ether oxygens (including phenoxy) is 1. The summed E-state index contributed by atoms with van der Waals surface area (Å²) >= 11 is 0. The highest BCUT2D eigenvalue weighted by Gasteiger charge is 2.66. The topological polar surface area (TPSA) is 183 Å². The Balaban J connectivity index is 1.01. The van der Waals surface area contributed by atoms with Crippen LogP contribution in [0.5, 0.6) is 5.75 Å². The Kier molecular flexibility index (Phi) is 8.57. The van der Waals surface area contributed by atoms with Gasteiger partial charge in [0.2, 0.25) is 11.7 Å². The number of phenols is 1. The number of aromatic hydroxyl groups is 1. The van der Waals surface area contributed by atoms with Crippen LogP contribution in [0.15, 0.2) is 36.0 Å². The van der Waals surface area contributed by atoms with Crippen LogP contribution in [0.1, 0.15) is 83.6 Å². The fourth-order valence-corrected chi connectivity index (χ4v) is 9.61. The summed E-state index contributed by atoms with van der Waals surface area (Å²) in [5.74, 6) is -2.07. The molecule has 1 amide bonds. The maximum Gasteiger partial charge on any atom is 0.326 e. The highest BCUT2D eigenvalue weighted by molar-refractivity contribution is 5.93. The summed E-state index contributed by atoms with van der Waals surface area (Å²) < 4.78 is 5.25. The number of aromatic nitrogens is 1. The second kappa shape index (κ2) is 12.2. The molecule has 7 atom stereocenters. The molecule has 0 aliphatic heterocycles. The lowest BCUT2D eigenvalue weighted by Gasteiger charge is -2.58. The van der Waals surface area contributed by atoms with E-state index in [9.17, 15) is 39.3 Å². The first-order valence-electron chi connectivity index (χ1n) is 16.7. The summed E-state index contributed by atoms with van der Waals surface area (Å²) in [7, 11) is 0. The minimum Gasteiger partial charge on any atom is -0.508 e. The van der Waals surface area contributed by atoms with Gasteiger partial charge in [0.1, 0.15) is 17.4 Å². The van der Waals surface area contributed by atoms with Crippen molar-refractivity contribution in [3.63, 3.8) is 0 Å². The van der Waals surface area contributed by atoms with E-state index in [1.54, 1.807) is 12.3 Å². The Morgan fingerprint density at radius 2 is 1.81 bits per heavy atom. The molecule has 1 aromatic heterocycles. The van der Waals surface area contributed by atoms with Crippen LogP contribution in [0, 0.1) is 28.6 Å². The van der Waals surface area contributed by atoms with Gasteiger partial charge in [-0.2, -0.15) is 0 Å². The van der Waals surface area contributed by atoms with E-state index in [1.165, 1.54) is 17.7 Å². The van der Waals surface area contributed by atoms with Gasteiger partial charge in [-0.1, -0.05) is 19.4 Å². The van der Waals surface area contributed by atoms with Gasteiger partial charge in [0, 0.05) is 41.8 Å². The number of aromatic amines is 1.